The maximum atomic E-state index is 12.0. The molecule has 1 aromatic heterocycles. The molecule has 0 unspecified atom stereocenters. The molecule has 1 spiro atoms. The van der Waals surface area contributed by atoms with E-state index in [9.17, 15) is 15.2 Å². The van der Waals surface area contributed by atoms with Crippen LogP contribution in [-0.2, 0) is 4.79 Å². The Bertz CT molecular complexity index is 679. The van der Waals surface area contributed by atoms with Crippen molar-refractivity contribution in [3.8, 4) is 6.07 Å². The summed E-state index contributed by atoms with van der Waals surface area (Å²) in [6.07, 6.45) is 3.59. The van der Waals surface area contributed by atoms with Gasteiger partial charge in [0.2, 0.25) is 5.91 Å². The number of β-amino-alcohol motifs (C(OH)–C–C–N with tert-alkyl or cyclic N) is 1. The molecule has 0 bridgehead atoms. The van der Waals surface area contributed by atoms with Gasteiger partial charge in [-0.25, -0.2) is 4.98 Å². The first-order valence-corrected chi connectivity index (χ1v) is 9.00. The molecular formula is C19H26N4O2. The van der Waals surface area contributed by atoms with Crippen molar-refractivity contribution < 1.29 is 9.90 Å². The fraction of sp³-hybridized carbons (Fsp3) is 0.632. The van der Waals surface area contributed by atoms with Gasteiger partial charge < -0.3 is 14.9 Å². The number of anilines is 1. The second-order valence-electron chi connectivity index (χ2n) is 7.40. The van der Waals surface area contributed by atoms with Crippen LogP contribution < -0.4 is 4.90 Å². The molecule has 0 atom stereocenters. The van der Waals surface area contributed by atoms with Gasteiger partial charge in [0.15, 0.2) is 0 Å². The highest BCUT2D eigenvalue weighted by Crippen LogP contribution is 2.41. The minimum absolute atomic E-state index is 0.0294. The lowest BCUT2D eigenvalue weighted by Crippen LogP contribution is -2.52. The first kappa shape index (κ1) is 17.7. The number of aliphatic hydroxyl groups excluding tert-OH is 1. The summed E-state index contributed by atoms with van der Waals surface area (Å²) in [4.78, 5) is 20.7. The molecular weight excluding hydrogens is 316 g/mol. The van der Waals surface area contributed by atoms with Crippen molar-refractivity contribution in [1.82, 2.24) is 9.88 Å². The molecule has 134 valence electrons. The molecule has 2 saturated heterocycles. The van der Waals surface area contributed by atoms with E-state index >= 15 is 0 Å². The van der Waals surface area contributed by atoms with Gasteiger partial charge in [-0.1, -0.05) is 0 Å². The molecule has 0 aliphatic carbocycles. The van der Waals surface area contributed by atoms with Gasteiger partial charge in [-0.2, -0.15) is 5.26 Å². The Morgan fingerprint density at radius 2 is 2.04 bits per heavy atom. The number of likely N-dealkylation sites (tertiary alicyclic amines) is 1. The van der Waals surface area contributed by atoms with Crippen LogP contribution in [0.3, 0.4) is 0 Å². The number of pyridine rings is 1. The van der Waals surface area contributed by atoms with Gasteiger partial charge in [0.1, 0.15) is 11.9 Å². The second kappa shape index (κ2) is 7.01. The van der Waals surface area contributed by atoms with Gasteiger partial charge in [-0.3, -0.25) is 4.79 Å². The minimum atomic E-state index is 0.0294. The summed E-state index contributed by atoms with van der Waals surface area (Å²) in [6.45, 7) is 6.92. The van der Waals surface area contributed by atoms with Crippen molar-refractivity contribution in [2.45, 2.75) is 39.5 Å². The Kier molecular flexibility index (Phi) is 4.96. The zero-order valence-electron chi connectivity index (χ0n) is 15.1. The number of nitriles is 1. The predicted octanol–water partition coefficient (Wildman–Crippen LogP) is 1.77. The maximum Gasteiger partial charge on any atom is 0.222 e. The molecule has 6 heteroatoms. The third kappa shape index (κ3) is 3.47. The van der Waals surface area contributed by atoms with E-state index in [2.05, 4.69) is 16.0 Å². The molecule has 3 rings (SSSR count). The van der Waals surface area contributed by atoms with Crippen LogP contribution in [0.25, 0.3) is 0 Å². The number of carbonyl (C=O) groups excluding carboxylic acids is 1. The topological polar surface area (TPSA) is 80.5 Å². The van der Waals surface area contributed by atoms with E-state index in [4.69, 9.17) is 0 Å². The zero-order chi connectivity index (χ0) is 18.0. The largest absolute Gasteiger partial charge is 0.395 e. The van der Waals surface area contributed by atoms with Crippen LogP contribution in [0.5, 0.6) is 0 Å². The van der Waals surface area contributed by atoms with Crippen molar-refractivity contribution >= 4 is 11.7 Å². The van der Waals surface area contributed by atoms with Crippen LogP contribution in [0, 0.1) is 30.6 Å². The standard InChI is InChI=1S/C19H26N4O2/c1-14-11-17(21-15(2)16(14)12-20)22-7-5-19(6-8-22)4-3-18(25)23(13-19)9-10-24/h11,24H,3-10,13H2,1-2H3. The van der Waals surface area contributed by atoms with E-state index in [1.54, 1.807) is 0 Å². The summed E-state index contributed by atoms with van der Waals surface area (Å²) in [5, 5.41) is 18.4. The lowest BCUT2D eigenvalue weighted by atomic mass is 9.72. The molecule has 1 N–H and O–H groups in total. The monoisotopic (exact) mass is 342 g/mol. The van der Waals surface area contributed by atoms with Gasteiger partial charge in [-0.05, 0) is 50.2 Å². The number of rotatable bonds is 3. The van der Waals surface area contributed by atoms with Gasteiger partial charge in [0.25, 0.3) is 0 Å². The molecule has 2 aliphatic rings. The zero-order valence-corrected chi connectivity index (χ0v) is 15.1. The Hall–Kier alpha value is -2.13. The highest BCUT2D eigenvalue weighted by atomic mass is 16.3. The van der Waals surface area contributed by atoms with Crippen LogP contribution in [-0.4, -0.2) is 53.7 Å². The van der Waals surface area contributed by atoms with Gasteiger partial charge in [0, 0.05) is 32.6 Å². The van der Waals surface area contributed by atoms with Crippen molar-refractivity contribution in [1.29, 1.82) is 5.26 Å². The van der Waals surface area contributed by atoms with Crippen LogP contribution >= 0.6 is 0 Å². The third-order valence-electron chi connectivity index (χ3n) is 5.76. The van der Waals surface area contributed by atoms with Crippen molar-refractivity contribution in [2.75, 3.05) is 37.7 Å². The number of hydrogen-bond donors (Lipinski definition) is 1. The third-order valence-corrected chi connectivity index (χ3v) is 5.76. The van der Waals surface area contributed by atoms with E-state index in [1.165, 1.54) is 0 Å². The summed E-state index contributed by atoms with van der Waals surface area (Å²) in [5.41, 5.74) is 2.61. The highest BCUT2D eigenvalue weighted by Gasteiger charge is 2.41. The Balaban J connectivity index is 1.70. The van der Waals surface area contributed by atoms with Crippen LogP contribution in [0.15, 0.2) is 6.07 Å². The van der Waals surface area contributed by atoms with Gasteiger partial charge in [-0.15, -0.1) is 0 Å². The molecule has 3 heterocycles. The number of aromatic nitrogens is 1. The molecule has 6 nitrogen and oxygen atoms in total. The lowest BCUT2D eigenvalue weighted by Gasteiger charge is -2.47. The number of hydrogen-bond acceptors (Lipinski definition) is 5. The minimum Gasteiger partial charge on any atom is -0.395 e. The van der Waals surface area contributed by atoms with Crippen molar-refractivity contribution in [3.05, 3.63) is 22.9 Å². The van der Waals surface area contributed by atoms with E-state index in [0.29, 0.717) is 18.5 Å². The number of aliphatic hydroxyl groups is 1. The van der Waals surface area contributed by atoms with Crippen LogP contribution in [0.2, 0.25) is 0 Å². The maximum absolute atomic E-state index is 12.0. The average molecular weight is 342 g/mol. The fourth-order valence-corrected chi connectivity index (χ4v) is 4.19. The Labute approximate surface area is 149 Å². The van der Waals surface area contributed by atoms with Gasteiger partial charge >= 0.3 is 0 Å². The number of carbonyl (C=O) groups is 1. The molecule has 25 heavy (non-hydrogen) atoms. The SMILES string of the molecule is Cc1cc(N2CCC3(CCC(=O)N(CCO)C3)CC2)nc(C)c1C#N. The lowest BCUT2D eigenvalue weighted by molar-refractivity contribution is -0.138. The van der Waals surface area contributed by atoms with E-state index in [0.717, 1.165) is 56.0 Å². The summed E-state index contributed by atoms with van der Waals surface area (Å²) in [5.74, 6) is 1.12. The Morgan fingerprint density at radius 1 is 1.32 bits per heavy atom. The molecule has 2 fully saturated rings. The van der Waals surface area contributed by atoms with Crippen molar-refractivity contribution in [2.24, 2.45) is 5.41 Å². The first-order chi connectivity index (χ1) is 12.0. The molecule has 1 aromatic rings. The van der Waals surface area contributed by atoms with Crippen LogP contribution in [0.1, 0.15) is 42.5 Å². The summed E-state index contributed by atoms with van der Waals surface area (Å²) >= 11 is 0. The van der Waals surface area contributed by atoms with E-state index in [-0.39, 0.29) is 17.9 Å². The normalized spacial score (nSPS) is 20.0. The molecule has 0 radical (unpaired) electrons. The number of piperidine rings is 2. The number of aryl methyl sites for hydroxylation is 2. The number of amides is 1. The highest BCUT2D eigenvalue weighted by molar-refractivity contribution is 5.77. The van der Waals surface area contributed by atoms with Crippen LogP contribution in [0.4, 0.5) is 5.82 Å². The number of nitrogens with zero attached hydrogens (tertiary/aromatic N) is 4. The first-order valence-electron chi connectivity index (χ1n) is 9.00. The summed E-state index contributed by atoms with van der Waals surface area (Å²) in [7, 11) is 0. The average Bonchev–Trinajstić information content (AvgIpc) is 2.59. The summed E-state index contributed by atoms with van der Waals surface area (Å²) in [6, 6.07) is 4.23. The fourth-order valence-electron chi connectivity index (χ4n) is 4.19. The molecule has 1 amide bonds. The predicted molar refractivity (Wildman–Crippen MR) is 95.2 cm³/mol. The molecule has 0 aromatic carbocycles. The quantitative estimate of drug-likeness (QED) is 0.905. The summed E-state index contributed by atoms with van der Waals surface area (Å²) < 4.78 is 0. The van der Waals surface area contributed by atoms with E-state index in [1.807, 2.05) is 24.8 Å². The Morgan fingerprint density at radius 3 is 2.64 bits per heavy atom. The van der Waals surface area contributed by atoms with E-state index < -0.39 is 0 Å². The van der Waals surface area contributed by atoms with Gasteiger partial charge in [0.05, 0.1) is 17.9 Å². The van der Waals surface area contributed by atoms with Crippen molar-refractivity contribution in [3.63, 3.8) is 0 Å². The smallest absolute Gasteiger partial charge is 0.222 e. The molecule has 0 saturated carbocycles. The molecule has 2 aliphatic heterocycles. The second-order valence-corrected chi connectivity index (χ2v) is 7.40.